The van der Waals surface area contributed by atoms with Gasteiger partial charge in [-0.25, -0.2) is 14.2 Å². The molecule has 1 aliphatic rings. The van der Waals surface area contributed by atoms with Crippen LogP contribution in [0.3, 0.4) is 0 Å². The summed E-state index contributed by atoms with van der Waals surface area (Å²) in [5, 5.41) is 8.11. The van der Waals surface area contributed by atoms with E-state index in [1.54, 1.807) is 11.0 Å². The van der Waals surface area contributed by atoms with E-state index in [2.05, 4.69) is 25.8 Å². The number of piperazine rings is 1. The third-order valence-corrected chi connectivity index (χ3v) is 5.82. The van der Waals surface area contributed by atoms with Crippen molar-refractivity contribution in [1.82, 2.24) is 25.4 Å². The van der Waals surface area contributed by atoms with E-state index in [0.717, 1.165) is 11.8 Å². The highest BCUT2D eigenvalue weighted by Gasteiger charge is 2.24. The van der Waals surface area contributed by atoms with E-state index in [-0.39, 0.29) is 34.0 Å². The normalized spacial score (nSPS) is 14.7. The number of carbonyl (C=O) groups excluding carboxylic acids is 3. The van der Waals surface area contributed by atoms with E-state index >= 15 is 0 Å². The monoisotopic (exact) mass is 526 g/mol. The van der Waals surface area contributed by atoms with Crippen molar-refractivity contribution in [1.29, 1.82) is 0 Å². The van der Waals surface area contributed by atoms with Crippen molar-refractivity contribution >= 4 is 23.5 Å². The van der Waals surface area contributed by atoms with Crippen LogP contribution in [0.5, 0.6) is 0 Å². The van der Waals surface area contributed by atoms with E-state index < -0.39 is 11.8 Å². The molecule has 9 nitrogen and oxygen atoms in total. The summed E-state index contributed by atoms with van der Waals surface area (Å²) < 4.78 is 14.6. The molecular weight excluding hydrogens is 487 g/mol. The van der Waals surface area contributed by atoms with Gasteiger partial charge >= 0.3 is 6.03 Å². The standard InChI is InChI=1S/C28H39FN6O3/c1-27(2,3)18-30-26(38)32-22-11-10-19(16-21(22)29)25(37)35-14-12-34(13-15-35)17-20-8-7-9-23(31-20)24(36)33-28(4,5)6/h7-11,16H,12-15,17-18H2,1-6H3,(H,33,36)(H2,30,32,38). The molecule has 0 spiro atoms. The molecule has 0 aliphatic carbocycles. The molecule has 2 heterocycles. The Morgan fingerprint density at radius 3 is 2.26 bits per heavy atom. The van der Waals surface area contributed by atoms with Gasteiger partial charge in [0.15, 0.2) is 0 Å². The SMILES string of the molecule is CC(C)(C)CNC(=O)Nc1ccc(C(=O)N2CCN(Cc3cccc(C(=O)NC(C)(C)C)n3)CC2)cc1F. The maximum atomic E-state index is 14.6. The third-order valence-electron chi connectivity index (χ3n) is 5.82. The first-order valence-corrected chi connectivity index (χ1v) is 12.8. The Balaban J connectivity index is 1.53. The van der Waals surface area contributed by atoms with Gasteiger partial charge in [-0.15, -0.1) is 0 Å². The fourth-order valence-corrected chi connectivity index (χ4v) is 3.88. The molecule has 4 amide bonds. The number of benzene rings is 1. The number of nitrogens with one attached hydrogen (secondary N) is 3. The number of anilines is 1. The molecule has 0 bridgehead atoms. The molecule has 2 aromatic rings. The minimum absolute atomic E-state index is 0.0173. The van der Waals surface area contributed by atoms with Crippen LogP contribution in [-0.4, -0.2) is 70.9 Å². The van der Waals surface area contributed by atoms with E-state index in [0.29, 0.717) is 45.0 Å². The van der Waals surface area contributed by atoms with E-state index in [4.69, 9.17) is 0 Å². The predicted molar refractivity (Wildman–Crippen MR) is 146 cm³/mol. The Labute approximate surface area is 224 Å². The zero-order valence-electron chi connectivity index (χ0n) is 23.2. The lowest BCUT2D eigenvalue weighted by atomic mass is 9.97. The second-order valence-corrected chi connectivity index (χ2v) is 11.8. The molecule has 3 N–H and O–H groups in total. The molecule has 10 heteroatoms. The molecule has 1 aliphatic heterocycles. The van der Waals surface area contributed by atoms with Crippen LogP contribution in [0, 0.1) is 11.2 Å². The van der Waals surface area contributed by atoms with E-state index in [9.17, 15) is 18.8 Å². The quantitative estimate of drug-likeness (QED) is 0.530. The lowest BCUT2D eigenvalue weighted by Crippen LogP contribution is -2.48. The zero-order valence-corrected chi connectivity index (χ0v) is 23.2. The number of rotatable bonds is 6. The maximum Gasteiger partial charge on any atom is 0.319 e. The van der Waals surface area contributed by atoms with E-state index in [1.165, 1.54) is 12.1 Å². The van der Waals surface area contributed by atoms with Crippen LogP contribution >= 0.6 is 0 Å². The number of amides is 4. The lowest BCUT2D eigenvalue weighted by molar-refractivity contribution is 0.0626. The molecule has 1 aromatic heterocycles. The van der Waals surface area contributed by atoms with Gasteiger partial charge in [-0.05, 0) is 56.5 Å². The van der Waals surface area contributed by atoms with Gasteiger partial charge in [-0.1, -0.05) is 26.8 Å². The number of pyridine rings is 1. The Hall–Kier alpha value is -3.53. The highest BCUT2D eigenvalue weighted by Crippen LogP contribution is 2.19. The van der Waals surface area contributed by atoms with Gasteiger partial charge in [-0.2, -0.15) is 0 Å². The van der Waals surface area contributed by atoms with Crippen LogP contribution in [0.4, 0.5) is 14.9 Å². The Morgan fingerprint density at radius 2 is 1.66 bits per heavy atom. The first kappa shape index (κ1) is 29.0. The summed E-state index contributed by atoms with van der Waals surface area (Å²) in [6, 6.07) is 8.99. The van der Waals surface area contributed by atoms with Gasteiger partial charge in [0, 0.05) is 50.4 Å². The molecule has 38 heavy (non-hydrogen) atoms. The number of hydrogen-bond acceptors (Lipinski definition) is 5. The van der Waals surface area contributed by atoms with Gasteiger partial charge in [-0.3, -0.25) is 14.5 Å². The van der Waals surface area contributed by atoms with Crippen molar-refractivity contribution in [2.24, 2.45) is 5.41 Å². The molecular formula is C28H39FN6O3. The first-order valence-electron chi connectivity index (χ1n) is 12.8. The predicted octanol–water partition coefficient (Wildman–Crippen LogP) is 3.87. The van der Waals surface area contributed by atoms with Crippen LogP contribution in [-0.2, 0) is 6.54 Å². The zero-order chi connectivity index (χ0) is 28.1. The average Bonchev–Trinajstić information content (AvgIpc) is 2.83. The number of carbonyl (C=O) groups is 3. The highest BCUT2D eigenvalue weighted by molar-refractivity contribution is 5.96. The molecule has 1 fully saturated rings. The van der Waals surface area contributed by atoms with Crippen LogP contribution in [0.1, 0.15) is 68.1 Å². The third kappa shape index (κ3) is 8.79. The average molecular weight is 527 g/mol. The van der Waals surface area contributed by atoms with Gasteiger partial charge in [0.2, 0.25) is 0 Å². The second kappa shape index (κ2) is 11.9. The van der Waals surface area contributed by atoms with Crippen molar-refractivity contribution in [3.63, 3.8) is 0 Å². The molecule has 0 atom stereocenters. The number of nitrogens with zero attached hydrogens (tertiary/aromatic N) is 3. The van der Waals surface area contributed by atoms with E-state index in [1.807, 2.05) is 53.7 Å². The fraction of sp³-hybridized carbons (Fsp3) is 0.500. The number of aromatic nitrogens is 1. The second-order valence-electron chi connectivity index (χ2n) is 11.8. The topological polar surface area (TPSA) is 107 Å². The Morgan fingerprint density at radius 1 is 0.974 bits per heavy atom. The molecule has 3 rings (SSSR count). The molecule has 0 saturated carbocycles. The fourth-order valence-electron chi connectivity index (χ4n) is 3.88. The van der Waals surface area contributed by atoms with Crippen LogP contribution in [0.2, 0.25) is 0 Å². The molecule has 0 radical (unpaired) electrons. The summed E-state index contributed by atoms with van der Waals surface area (Å²) in [6.45, 7) is 14.9. The molecule has 206 valence electrons. The van der Waals surface area contributed by atoms with Crippen molar-refractivity contribution in [3.8, 4) is 0 Å². The largest absolute Gasteiger partial charge is 0.346 e. The van der Waals surface area contributed by atoms with Crippen LogP contribution in [0.15, 0.2) is 36.4 Å². The van der Waals surface area contributed by atoms with Gasteiger partial charge in [0.05, 0.1) is 11.4 Å². The van der Waals surface area contributed by atoms with Gasteiger partial charge < -0.3 is 20.9 Å². The summed E-state index contributed by atoms with van der Waals surface area (Å²) in [5.74, 6) is -1.14. The lowest BCUT2D eigenvalue weighted by Gasteiger charge is -2.34. The summed E-state index contributed by atoms with van der Waals surface area (Å²) >= 11 is 0. The number of halogens is 1. The van der Waals surface area contributed by atoms with Crippen molar-refractivity contribution < 1.29 is 18.8 Å². The Kier molecular flexibility index (Phi) is 9.09. The van der Waals surface area contributed by atoms with Gasteiger partial charge in [0.25, 0.3) is 11.8 Å². The van der Waals surface area contributed by atoms with Gasteiger partial charge in [0.1, 0.15) is 11.5 Å². The van der Waals surface area contributed by atoms with Crippen LogP contribution in [0.25, 0.3) is 0 Å². The summed E-state index contributed by atoms with van der Waals surface area (Å²) in [6.07, 6.45) is 0. The van der Waals surface area contributed by atoms with Crippen LogP contribution < -0.4 is 16.0 Å². The summed E-state index contributed by atoms with van der Waals surface area (Å²) in [5.41, 5.74) is 0.956. The number of urea groups is 1. The summed E-state index contributed by atoms with van der Waals surface area (Å²) in [4.78, 5) is 45.8. The number of hydrogen-bond donors (Lipinski definition) is 3. The van der Waals surface area contributed by atoms with Crippen molar-refractivity contribution in [2.45, 2.75) is 53.6 Å². The molecule has 1 aromatic carbocycles. The summed E-state index contributed by atoms with van der Waals surface area (Å²) in [7, 11) is 0. The molecule has 1 saturated heterocycles. The minimum Gasteiger partial charge on any atom is -0.346 e. The first-order chi connectivity index (χ1) is 17.7. The smallest absolute Gasteiger partial charge is 0.319 e. The maximum absolute atomic E-state index is 14.6. The highest BCUT2D eigenvalue weighted by atomic mass is 19.1. The van der Waals surface area contributed by atoms with Crippen molar-refractivity contribution in [2.75, 3.05) is 38.0 Å². The minimum atomic E-state index is -0.665. The Bertz CT molecular complexity index is 1160. The van der Waals surface area contributed by atoms with Crippen molar-refractivity contribution in [3.05, 3.63) is 59.2 Å². The molecule has 0 unspecified atom stereocenters.